The predicted molar refractivity (Wildman–Crippen MR) is 134 cm³/mol. The van der Waals surface area contributed by atoms with Gasteiger partial charge >= 0.3 is 0 Å². The number of rotatable bonds is 7. The summed E-state index contributed by atoms with van der Waals surface area (Å²) in [4.78, 5) is 18.4. The van der Waals surface area contributed by atoms with Crippen LogP contribution in [0.4, 0.5) is 0 Å². The maximum absolute atomic E-state index is 11.8. The van der Waals surface area contributed by atoms with E-state index in [0.29, 0.717) is 19.5 Å². The molecule has 1 aliphatic rings. The maximum atomic E-state index is 11.8. The summed E-state index contributed by atoms with van der Waals surface area (Å²) >= 11 is 0. The van der Waals surface area contributed by atoms with Crippen LogP contribution in [0.1, 0.15) is 47.6 Å². The minimum atomic E-state index is 0. The summed E-state index contributed by atoms with van der Waals surface area (Å²) < 4.78 is 0. The van der Waals surface area contributed by atoms with E-state index in [4.69, 9.17) is 4.99 Å². The topological polar surface area (TPSA) is 56.7 Å². The van der Waals surface area contributed by atoms with E-state index in [-0.39, 0.29) is 29.9 Å². The highest BCUT2D eigenvalue weighted by atomic mass is 127. The molecule has 162 valence electrons. The lowest BCUT2D eigenvalue weighted by molar-refractivity contribution is -0.128. The minimum Gasteiger partial charge on any atom is -0.357 e. The van der Waals surface area contributed by atoms with Crippen molar-refractivity contribution in [1.82, 2.24) is 15.5 Å². The molecule has 1 amide bonds. The van der Waals surface area contributed by atoms with E-state index in [1.165, 1.54) is 22.3 Å². The van der Waals surface area contributed by atoms with Crippen LogP contribution < -0.4 is 10.6 Å². The van der Waals surface area contributed by atoms with Crippen molar-refractivity contribution < 1.29 is 4.79 Å². The molecule has 0 unspecified atom stereocenters. The second-order valence-corrected chi connectivity index (χ2v) is 7.71. The molecule has 0 bridgehead atoms. The summed E-state index contributed by atoms with van der Waals surface area (Å²) in [6.07, 6.45) is 1.67. The molecule has 1 saturated heterocycles. The molecule has 1 aliphatic heterocycles. The van der Waals surface area contributed by atoms with Gasteiger partial charge in [-0.1, -0.05) is 48.0 Å². The van der Waals surface area contributed by atoms with Crippen molar-refractivity contribution in [3.05, 3.63) is 70.3 Å². The Morgan fingerprint density at radius 2 is 1.80 bits per heavy atom. The summed E-state index contributed by atoms with van der Waals surface area (Å²) in [7, 11) is 0. The average Bonchev–Trinajstić information content (AvgIpc) is 3.11. The average molecular weight is 520 g/mol. The monoisotopic (exact) mass is 520 g/mol. The van der Waals surface area contributed by atoms with Crippen LogP contribution >= 0.6 is 24.0 Å². The van der Waals surface area contributed by atoms with Crippen molar-refractivity contribution in [3.63, 3.8) is 0 Å². The van der Waals surface area contributed by atoms with E-state index in [9.17, 15) is 4.79 Å². The van der Waals surface area contributed by atoms with E-state index in [0.717, 1.165) is 37.6 Å². The molecule has 2 aromatic rings. The number of carbonyl (C=O) groups is 1. The zero-order chi connectivity index (χ0) is 20.6. The summed E-state index contributed by atoms with van der Waals surface area (Å²) in [5.41, 5.74) is 6.19. The Balaban J connectivity index is 0.00000320. The lowest BCUT2D eigenvalue weighted by atomic mass is 10.1. The number of aryl methyl sites for hydroxylation is 2. The first-order chi connectivity index (χ1) is 14.0. The number of nitrogens with one attached hydrogen (secondary N) is 2. The smallest absolute Gasteiger partial charge is 0.222 e. The van der Waals surface area contributed by atoms with Gasteiger partial charge in [0.15, 0.2) is 5.96 Å². The number of likely N-dealkylation sites (tertiary alicyclic amines) is 1. The third-order valence-electron chi connectivity index (χ3n) is 5.28. The Bertz CT molecular complexity index is 864. The van der Waals surface area contributed by atoms with Crippen LogP contribution in [0, 0.1) is 13.8 Å². The van der Waals surface area contributed by atoms with Crippen LogP contribution in [0.5, 0.6) is 0 Å². The molecule has 0 atom stereocenters. The maximum Gasteiger partial charge on any atom is 0.222 e. The fourth-order valence-corrected chi connectivity index (χ4v) is 3.58. The molecule has 1 fully saturated rings. The van der Waals surface area contributed by atoms with Gasteiger partial charge in [-0.2, -0.15) is 0 Å². The molecule has 0 saturated carbocycles. The first-order valence-corrected chi connectivity index (χ1v) is 10.5. The number of hydrogen-bond acceptors (Lipinski definition) is 2. The van der Waals surface area contributed by atoms with E-state index < -0.39 is 0 Å². The van der Waals surface area contributed by atoms with Gasteiger partial charge in [-0.05, 0) is 49.4 Å². The molecule has 1 heterocycles. The van der Waals surface area contributed by atoms with Crippen LogP contribution in [0.2, 0.25) is 0 Å². The molecular weight excluding hydrogens is 487 g/mol. The number of nitrogens with zero attached hydrogens (tertiary/aromatic N) is 2. The Hall–Kier alpha value is -2.09. The summed E-state index contributed by atoms with van der Waals surface area (Å²) in [5.74, 6) is 1.09. The van der Waals surface area contributed by atoms with Crippen molar-refractivity contribution in [1.29, 1.82) is 0 Å². The number of aliphatic imine (C=N–C) groups is 1. The van der Waals surface area contributed by atoms with Crippen molar-refractivity contribution in [3.8, 4) is 0 Å². The first-order valence-electron chi connectivity index (χ1n) is 10.5. The van der Waals surface area contributed by atoms with E-state index >= 15 is 0 Å². The van der Waals surface area contributed by atoms with E-state index in [1.54, 1.807) is 0 Å². The number of guanidine groups is 1. The van der Waals surface area contributed by atoms with Gasteiger partial charge in [0.25, 0.3) is 0 Å². The lowest BCUT2D eigenvalue weighted by Crippen LogP contribution is -2.36. The van der Waals surface area contributed by atoms with Crippen LogP contribution in [0.25, 0.3) is 0 Å². The first kappa shape index (κ1) is 24.2. The van der Waals surface area contributed by atoms with E-state index in [2.05, 4.69) is 73.9 Å². The fourth-order valence-electron chi connectivity index (χ4n) is 3.58. The molecular formula is C24H33IN4O. The quantitative estimate of drug-likeness (QED) is 0.325. The molecule has 3 rings (SSSR count). The standard InChI is InChI=1S/C24H32N4O.HI/c1-4-25-24(27-16-22-12-7-18(2)14-19(22)3)26-15-20-8-10-21(11-9-20)17-28-13-5-6-23(28)29;/h7-12,14H,4-6,13,15-17H2,1-3H3,(H2,25,26,27);1H. The predicted octanol–water partition coefficient (Wildman–Crippen LogP) is 4.30. The zero-order valence-corrected chi connectivity index (χ0v) is 20.5. The van der Waals surface area contributed by atoms with Gasteiger partial charge in [-0.25, -0.2) is 4.99 Å². The number of carbonyl (C=O) groups excluding carboxylic acids is 1. The Morgan fingerprint density at radius 1 is 1.07 bits per heavy atom. The highest BCUT2D eigenvalue weighted by molar-refractivity contribution is 14.0. The normalized spacial score (nSPS) is 13.9. The zero-order valence-electron chi connectivity index (χ0n) is 18.2. The Labute approximate surface area is 197 Å². The van der Waals surface area contributed by atoms with Crippen LogP contribution in [0.3, 0.4) is 0 Å². The van der Waals surface area contributed by atoms with Gasteiger partial charge in [0, 0.05) is 32.6 Å². The van der Waals surface area contributed by atoms with Gasteiger partial charge in [0.1, 0.15) is 0 Å². The molecule has 2 aromatic carbocycles. The van der Waals surface area contributed by atoms with Crippen LogP contribution in [0.15, 0.2) is 47.5 Å². The number of halogens is 1. The third-order valence-corrected chi connectivity index (χ3v) is 5.28. The third kappa shape index (κ3) is 7.00. The lowest BCUT2D eigenvalue weighted by Gasteiger charge is -2.15. The van der Waals surface area contributed by atoms with Gasteiger partial charge in [-0.3, -0.25) is 4.79 Å². The highest BCUT2D eigenvalue weighted by Crippen LogP contribution is 2.15. The second-order valence-electron chi connectivity index (χ2n) is 7.71. The van der Waals surface area contributed by atoms with Gasteiger partial charge in [-0.15, -0.1) is 24.0 Å². The number of amides is 1. The minimum absolute atomic E-state index is 0. The Kier molecular flexibility index (Phi) is 9.62. The molecule has 5 nitrogen and oxygen atoms in total. The molecule has 0 aliphatic carbocycles. The molecule has 0 spiro atoms. The van der Waals surface area contributed by atoms with Gasteiger partial charge < -0.3 is 15.5 Å². The van der Waals surface area contributed by atoms with Crippen LogP contribution in [-0.2, 0) is 24.4 Å². The van der Waals surface area contributed by atoms with E-state index in [1.807, 2.05) is 4.90 Å². The van der Waals surface area contributed by atoms with Crippen molar-refractivity contribution in [2.24, 2.45) is 4.99 Å². The summed E-state index contributed by atoms with van der Waals surface area (Å²) in [6.45, 7) is 10.1. The molecule has 2 N–H and O–H groups in total. The molecule has 0 aromatic heterocycles. The summed E-state index contributed by atoms with van der Waals surface area (Å²) in [5, 5.41) is 6.74. The highest BCUT2D eigenvalue weighted by Gasteiger charge is 2.19. The van der Waals surface area contributed by atoms with Crippen molar-refractivity contribution in [2.45, 2.75) is 53.2 Å². The largest absolute Gasteiger partial charge is 0.357 e. The van der Waals surface area contributed by atoms with Gasteiger partial charge in [0.05, 0.1) is 6.54 Å². The molecule has 30 heavy (non-hydrogen) atoms. The second kappa shape index (κ2) is 11.9. The SMILES string of the molecule is CCNC(=NCc1ccc(CN2CCCC2=O)cc1)NCc1ccc(C)cc1C.I. The molecule has 0 radical (unpaired) electrons. The fraction of sp³-hybridized carbons (Fsp3) is 0.417. The number of hydrogen-bond donors (Lipinski definition) is 2. The summed E-state index contributed by atoms with van der Waals surface area (Å²) in [6, 6.07) is 14.9. The Morgan fingerprint density at radius 3 is 2.43 bits per heavy atom. The van der Waals surface area contributed by atoms with Crippen LogP contribution in [-0.4, -0.2) is 29.9 Å². The van der Waals surface area contributed by atoms with Crippen molar-refractivity contribution >= 4 is 35.8 Å². The molecule has 6 heteroatoms. The number of benzene rings is 2. The van der Waals surface area contributed by atoms with Crippen molar-refractivity contribution in [2.75, 3.05) is 13.1 Å². The van der Waals surface area contributed by atoms with Gasteiger partial charge in [0.2, 0.25) is 5.91 Å².